The van der Waals surface area contributed by atoms with E-state index in [1.165, 1.54) is 0 Å². The maximum atomic E-state index is 12.2. The van der Waals surface area contributed by atoms with Crippen LogP contribution in [0.25, 0.3) is 0 Å². The van der Waals surface area contributed by atoms with E-state index in [4.69, 9.17) is 17.2 Å². The normalized spacial score (nSPS) is 10.2. The summed E-state index contributed by atoms with van der Waals surface area (Å²) >= 11 is 0. The molecule has 1 amide bonds. The van der Waals surface area contributed by atoms with Crippen LogP contribution in [0.3, 0.4) is 0 Å². The standard InChI is InChI=1S/C16H16N8O/c17-10-3-7-11(8-4-10)20-13(25)9-1-5-12(6-2-9)21-16-23-14(18)22-15(19)24-16/h1-8H,17H2,(H,20,25)(H5,18,19,21,22,23,24). The summed E-state index contributed by atoms with van der Waals surface area (Å²) in [6.07, 6.45) is 0. The quantitative estimate of drug-likeness (QED) is 0.449. The zero-order chi connectivity index (χ0) is 17.8. The molecule has 2 aromatic carbocycles. The van der Waals surface area contributed by atoms with Crippen molar-refractivity contribution in [3.63, 3.8) is 0 Å². The maximum absolute atomic E-state index is 12.2. The van der Waals surface area contributed by atoms with Crippen molar-refractivity contribution in [3.05, 3.63) is 54.1 Å². The van der Waals surface area contributed by atoms with Crippen LogP contribution in [0, 0.1) is 0 Å². The number of carbonyl (C=O) groups is 1. The van der Waals surface area contributed by atoms with E-state index in [1.54, 1.807) is 48.5 Å². The molecule has 9 heteroatoms. The van der Waals surface area contributed by atoms with Crippen LogP contribution < -0.4 is 27.8 Å². The van der Waals surface area contributed by atoms with Crippen LogP contribution in [0.1, 0.15) is 10.4 Å². The first-order valence-electron chi connectivity index (χ1n) is 7.30. The summed E-state index contributed by atoms with van der Waals surface area (Å²) in [5, 5.41) is 5.73. The summed E-state index contributed by atoms with van der Waals surface area (Å²) in [4.78, 5) is 23.8. The Morgan fingerprint density at radius 2 is 1.32 bits per heavy atom. The fraction of sp³-hybridized carbons (Fsp3) is 0. The van der Waals surface area contributed by atoms with Crippen LogP contribution in [0.2, 0.25) is 0 Å². The number of aromatic nitrogens is 3. The largest absolute Gasteiger partial charge is 0.399 e. The van der Waals surface area contributed by atoms with Crippen LogP contribution in [0.4, 0.5) is 34.9 Å². The van der Waals surface area contributed by atoms with Gasteiger partial charge in [-0.2, -0.15) is 15.0 Å². The lowest BCUT2D eigenvalue weighted by Gasteiger charge is -2.08. The van der Waals surface area contributed by atoms with Gasteiger partial charge in [0.1, 0.15) is 0 Å². The molecule has 8 N–H and O–H groups in total. The Balaban J connectivity index is 1.68. The molecule has 0 aliphatic carbocycles. The predicted octanol–water partition coefficient (Wildman–Crippen LogP) is 1.61. The summed E-state index contributed by atoms with van der Waals surface area (Å²) in [7, 11) is 0. The van der Waals surface area contributed by atoms with Gasteiger partial charge in [0.15, 0.2) is 0 Å². The molecular weight excluding hydrogens is 320 g/mol. The summed E-state index contributed by atoms with van der Waals surface area (Å²) in [5.74, 6) is 0.0399. The molecule has 0 saturated carbocycles. The molecule has 25 heavy (non-hydrogen) atoms. The number of benzene rings is 2. The highest BCUT2D eigenvalue weighted by atomic mass is 16.1. The van der Waals surface area contributed by atoms with E-state index < -0.39 is 0 Å². The third-order valence-electron chi connectivity index (χ3n) is 3.24. The number of rotatable bonds is 4. The van der Waals surface area contributed by atoms with E-state index in [-0.39, 0.29) is 23.8 Å². The molecule has 0 saturated heterocycles. The van der Waals surface area contributed by atoms with E-state index in [0.29, 0.717) is 22.6 Å². The predicted molar refractivity (Wildman–Crippen MR) is 97.2 cm³/mol. The van der Waals surface area contributed by atoms with E-state index in [9.17, 15) is 4.79 Å². The van der Waals surface area contributed by atoms with Crippen molar-refractivity contribution >= 4 is 40.8 Å². The minimum absolute atomic E-state index is 0.0227. The van der Waals surface area contributed by atoms with Crippen molar-refractivity contribution in [2.75, 3.05) is 27.8 Å². The molecule has 0 aliphatic heterocycles. The monoisotopic (exact) mass is 336 g/mol. The first-order valence-corrected chi connectivity index (χ1v) is 7.30. The number of nitrogen functional groups attached to an aromatic ring is 3. The Bertz CT molecular complexity index is 873. The lowest BCUT2D eigenvalue weighted by molar-refractivity contribution is 0.102. The number of anilines is 6. The van der Waals surface area contributed by atoms with Gasteiger partial charge in [0.2, 0.25) is 17.8 Å². The number of nitrogens with zero attached hydrogens (tertiary/aromatic N) is 3. The third kappa shape index (κ3) is 4.10. The van der Waals surface area contributed by atoms with Gasteiger partial charge in [-0.3, -0.25) is 4.79 Å². The fourth-order valence-electron chi connectivity index (χ4n) is 2.07. The molecule has 0 fully saturated rings. The van der Waals surface area contributed by atoms with Gasteiger partial charge >= 0.3 is 0 Å². The number of hydrogen-bond acceptors (Lipinski definition) is 8. The summed E-state index contributed by atoms with van der Waals surface area (Å²) in [6.45, 7) is 0. The highest BCUT2D eigenvalue weighted by Gasteiger charge is 2.07. The molecule has 3 aromatic rings. The summed E-state index contributed by atoms with van der Waals surface area (Å²) < 4.78 is 0. The average molecular weight is 336 g/mol. The van der Waals surface area contributed by atoms with Gasteiger partial charge < -0.3 is 27.8 Å². The van der Waals surface area contributed by atoms with Gasteiger partial charge in [0.25, 0.3) is 5.91 Å². The van der Waals surface area contributed by atoms with Crippen LogP contribution in [-0.4, -0.2) is 20.9 Å². The molecular formula is C16H16N8O. The molecule has 0 spiro atoms. The Labute approximate surface area is 143 Å². The zero-order valence-electron chi connectivity index (χ0n) is 13.1. The van der Waals surface area contributed by atoms with Gasteiger partial charge in [-0.1, -0.05) is 0 Å². The van der Waals surface area contributed by atoms with E-state index >= 15 is 0 Å². The van der Waals surface area contributed by atoms with Crippen molar-refractivity contribution in [1.82, 2.24) is 15.0 Å². The van der Waals surface area contributed by atoms with Crippen molar-refractivity contribution in [3.8, 4) is 0 Å². The Kier molecular flexibility index (Phi) is 4.29. The lowest BCUT2D eigenvalue weighted by Crippen LogP contribution is -2.12. The average Bonchev–Trinajstić information content (AvgIpc) is 2.56. The molecule has 0 radical (unpaired) electrons. The van der Waals surface area contributed by atoms with E-state index in [1.807, 2.05) is 0 Å². The van der Waals surface area contributed by atoms with Crippen molar-refractivity contribution < 1.29 is 4.79 Å². The van der Waals surface area contributed by atoms with Gasteiger partial charge in [-0.15, -0.1) is 0 Å². The second kappa shape index (κ2) is 6.71. The first kappa shape index (κ1) is 16.0. The van der Waals surface area contributed by atoms with Crippen molar-refractivity contribution in [1.29, 1.82) is 0 Å². The van der Waals surface area contributed by atoms with Gasteiger partial charge in [0.05, 0.1) is 0 Å². The highest BCUT2D eigenvalue weighted by Crippen LogP contribution is 2.17. The van der Waals surface area contributed by atoms with Crippen molar-refractivity contribution in [2.24, 2.45) is 0 Å². The fourth-order valence-corrected chi connectivity index (χ4v) is 2.07. The molecule has 0 bridgehead atoms. The molecule has 3 rings (SSSR count). The highest BCUT2D eigenvalue weighted by molar-refractivity contribution is 6.04. The Hall–Kier alpha value is -3.88. The molecule has 9 nitrogen and oxygen atoms in total. The lowest BCUT2D eigenvalue weighted by atomic mass is 10.2. The second-order valence-electron chi connectivity index (χ2n) is 5.15. The number of hydrogen-bond donors (Lipinski definition) is 5. The SMILES string of the molecule is Nc1ccc(NC(=O)c2ccc(Nc3nc(N)nc(N)n3)cc2)cc1. The smallest absolute Gasteiger partial charge is 0.255 e. The minimum atomic E-state index is -0.232. The van der Waals surface area contributed by atoms with Crippen LogP contribution in [-0.2, 0) is 0 Å². The number of amides is 1. The molecule has 0 aliphatic rings. The molecule has 1 heterocycles. The number of nitrogens with two attached hydrogens (primary N) is 3. The Morgan fingerprint density at radius 3 is 1.92 bits per heavy atom. The zero-order valence-corrected chi connectivity index (χ0v) is 13.1. The molecule has 126 valence electrons. The van der Waals surface area contributed by atoms with Crippen molar-refractivity contribution in [2.45, 2.75) is 0 Å². The summed E-state index contributed by atoms with van der Waals surface area (Å²) in [6, 6.07) is 13.7. The number of nitrogens with one attached hydrogen (secondary N) is 2. The van der Waals surface area contributed by atoms with E-state index in [0.717, 1.165) is 0 Å². The van der Waals surface area contributed by atoms with Crippen LogP contribution >= 0.6 is 0 Å². The van der Waals surface area contributed by atoms with Crippen LogP contribution in [0.5, 0.6) is 0 Å². The first-order chi connectivity index (χ1) is 12.0. The van der Waals surface area contributed by atoms with Gasteiger partial charge in [0, 0.05) is 22.6 Å². The second-order valence-corrected chi connectivity index (χ2v) is 5.15. The van der Waals surface area contributed by atoms with Gasteiger partial charge in [-0.05, 0) is 48.5 Å². The third-order valence-corrected chi connectivity index (χ3v) is 3.24. The summed E-state index contributed by atoms with van der Waals surface area (Å²) in [5.41, 5.74) is 19.1. The van der Waals surface area contributed by atoms with E-state index in [2.05, 4.69) is 25.6 Å². The molecule has 1 aromatic heterocycles. The topological polar surface area (TPSA) is 158 Å². The molecule has 0 atom stereocenters. The maximum Gasteiger partial charge on any atom is 0.255 e. The molecule has 0 unspecified atom stereocenters. The van der Waals surface area contributed by atoms with Gasteiger partial charge in [-0.25, -0.2) is 0 Å². The minimum Gasteiger partial charge on any atom is -0.399 e. The Morgan fingerprint density at radius 1 is 0.760 bits per heavy atom. The number of carbonyl (C=O) groups excluding carboxylic acids is 1. The van der Waals surface area contributed by atoms with Crippen LogP contribution in [0.15, 0.2) is 48.5 Å².